The lowest BCUT2D eigenvalue weighted by atomic mass is 10.2. The summed E-state index contributed by atoms with van der Waals surface area (Å²) in [6.07, 6.45) is 5.12. The van der Waals surface area contributed by atoms with Crippen LogP contribution in [0.4, 0.5) is 0 Å². The van der Waals surface area contributed by atoms with Crippen LogP contribution in [0, 0.1) is 0 Å². The normalized spacial score (nSPS) is 11.2. The Morgan fingerprint density at radius 3 is 3.08 bits per heavy atom. The molecule has 0 fully saturated rings. The van der Waals surface area contributed by atoms with E-state index in [2.05, 4.69) is 28.2 Å². The Morgan fingerprint density at radius 1 is 1.46 bits per heavy atom. The zero-order valence-electron chi connectivity index (χ0n) is 7.50. The Kier molecular flexibility index (Phi) is 5.90. The Hall–Kier alpha value is -0.310. The van der Waals surface area contributed by atoms with Gasteiger partial charge >= 0.3 is 0 Å². The van der Waals surface area contributed by atoms with Gasteiger partial charge < -0.3 is 5.32 Å². The summed E-state index contributed by atoms with van der Waals surface area (Å²) < 4.78 is 0. The zero-order valence-corrected chi connectivity index (χ0v) is 9.07. The van der Waals surface area contributed by atoms with Crippen molar-refractivity contribution in [2.24, 2.45) is 0 Å². The SMILES string of the molecule is ClC/C=C/CNCCc1ccsc1. The molecular formula is C10H14ClNS. The van der Waals surface area contributed by atoms with Crippen LogP contribution in [0.2, 0.25) is 0 Å². The quantitative estimate of drug-likeness (QED) is 0.437. The second kappa shape index (κ2) is 7.13. The smallest absolute Gasteiger partial charge is 0.0404 e. The largest absolute Gasteiger partial charge is 0.313 e. The van der Waals surface area contributed by atoms with Crippen LogP contribution >= 0.6 is 22.9 Å². The summed E-state index contributed by atoms with van der Waals surface area (Å²) in [6, 6.07) is 2.17. The van der Waals surface area contributed by atoms with E-state index in [9.17, 15) is 0 Å². The van der Waals surface area contributed by atoms with E-state index in [1.165, 1.54) is 5.56 Å². The molecule has 13 heavy (non-hydrogen) atoms. The average molecular weight is 216 g/mol. The third-order valence-corrected chi connectivity index (χ3v) is 2.60. The van der Waals surface area contributed by atoms with Crippen LogP contribution < -0.4 is 5.32 Å². The molecule has 0 atom stereocenters. The Labute approximate surface area is 88.4 Å². The average Bonchev–Trinajstić information content (AvgIpc) is 2.63. The summed E-state index contributed by atoms with van der Waals surface area (Å²) in [4.78, 5) is 0. The van der Waals surface area contributed by atoms with Gasteiger partial charge in [0.25, 0.3) is 0 Å². The van der Waals surface area contributed by atoms with E-state index >= 15 is 0 Å². The molecule has 1 aromatic heterocycles. The molecule has 1 aromatic rings. The minimum absolute atomic E-state index is 0.603. The summed E-state index contributed by atoms with van der Waals surface area (Å²) in [5.74, 6) is 0.603. The first-order valence-electron chi connectivity index (χ1n) is 4.36. The molecule has 3 heteroatoms. The molecule has 0 aliphatic carbocycles. The van der Waals surface area contributed by atoms with E-state index in [0.717, 1.165) is 19.5 Å². The van der Waals surface area contributed by atoms with Crippen molar-refractivity contribution in [2.45, 2.75) is 6.42 Å². The number of thiophene rings is 1. The van der Waals surface area contributed by atoms with Gasteiger partial charge in [-0.3, -0.25) is 0 Å². The lowest BCUT2D eigenvalue weighted by Crippen LogP contribution is -2.16. The first kappa shape index (κ1) is 10.8. The number of hydrogen-bond donors (Lipinski definition) is 1. The fourth-order valence-corrected chi connectivity index (χ4v) is 1.83. The highest BCUT2D eigenvalue weighted by Gasteiger charge is 1.90. The molecule has 0 aromatic carbocycles. The van der Waals surface area contributed by atoms with E-state index in [0.29, 0.717) is 5.88 Å². The van der Waals surface area contributed by atoms with E-state index < -0.39 is 0 Å². The molecule has 0 aliphatic heterocycles. The molecule has 1 rings (SSSR count). The van der Waals surface area contributed by atoms with Gasteiger partial charge in [-0.25, -0.2) is 0 Å². The molecule has 0 bridgehead atoms. The van der Waals surface area contributed by atoms with Crippen molar-refractivity contribution in [3.8, 4) is 0 Å². The maximum absolute atomic E-state index is 5.48. The van der Waals surface area contributed by atoms with Crippen molar-refractivity contribution >= 4 is 22.9 Å². The molecule has 1 N–H and O–H groups in total. The van der Waals surface area contributed by atoms with Crippen molar-refractivity contribution in [1.82, 2.24) is 5.32 Å². The molecular weight excluding hydrogens is 202 g/mol. The van der Waals surface area contributed by atoms with Gasteiger partial charge in [-0.15, -0.1) is 11.6 Å². The van der Waals surface area contributed by atoms with E-state index in [-0.39, 0.29) is 0 Å². The third-order valence-electron chi connectivity index (χ3n) is 1.69. The second-order valence-electron chi connectivity index (χ2n) is 2.71. The maximum Gasteiger partial charge on any atom is 0.0404 e. The van der Waals surface area contributed by atoms with Gasteiger partial charge in [0.1, 0.15) is 0 Å². The van der Waals surface area contributed by atoms with Gasteiger partial charge in [0.15, 0.2) is 0 Å². The van der Waals surface area contributed by atoms with E-state index in [1.54, 1.807) is 11.3 Å². The van der Waals surface area contributed by atoms with Crippen LogP contribution in [0.15, 0.2) is 29.0 Å². The molecule has 0 radical (unpaired) electrons. The van der Waals surface area contributed by atoms with Crippen LogP contribution in [-0.2, 0) is 6.42 Å². The van der Waals surface area contributed by atoms with Crippen molar-refractivity contribution in [2.75, 3.05) is 19.0 Å². The van der Waals surface area contributed by atoms with Gasteiger partial charge in [0, 0.05) is 12.4 Å². The molecule has 0 saturated carbocycles. The third kappa shape index (κ3) is 5.09. The van der Waals surface area contributed by atoms with Gasteiger partial charge in [0.2, 0.25) is 0 Å². The summed E-state index contributed by atoms with van der Waals surface area (Å²) in [5, 5.41) is 7.62. The predicted octanol–water partition coefficient (Wildman–Crippen LogP) is 2.68. The second-order valence-corrected chi connectivity index (χ2v) is 3.80. The first-order chi connectivity index (χ1) is 6.43. The van der Waals surface area contributed by atoms with Crippen molar-refractivity contribution < 1.29 is 0 Å². The molecule has 0 unspecified atom stereocenters. The fourth-order valence-electron chi connectivity index (χ4n) is 0.999. The highest BCUT2D eigenvalue weighted by molar-refractivity contribution is 7.07. The Balaban J connectivity index is 1.99. The molecule has 0 amide bonds. The zero-order chi connectivity index (χ0) is 9.36. The van der Waals surface area contributed by atoms with Crippen molar-refractivity contribution in [3.63, 3.8) is 0 Å². The summed E-state index contributed by atoms with van der Waals surface area (Å²) in [7, 11) is 0. The van der Waals surface area contributed by atoms with Gasteiger partial charge in [-0.1, -0.05) is 12.2 Å². The van der Waals surface area contributed by atoms with Crippen LogP contribution in [0.1, 0.15) is 5.56 Å². The van der Waals surface area contributed by atoms with Crippen LogP contribution in [0.3, 0.4) is 0 Å². The Morgan fingerprint density at radius 2 is 2.38 bits per heavy atom. The minimum atomic E-state index is 0.603. The molecule has 0 saturated heterocycles. The van der Waals surface area contributed by atoms with E-state index in [1.807, 2.05) is 6.08 Å². The standard InChI is InChI=1S/C10H14ClNS/c11-5-1-2-6-12-7-3-10-4-8-13-9-10/h1-2,4,8-9,12H,3,5-7H2/b2-1+. The van der Waals surface area contributed by atoms with Crippen LogP contribution in [0.25, 0.3) is 0 Å². The molecule has 72 valence electrons. The number of allylic oxidation sites excluding steroid dienone is 1. The van der Waals surface area contributed by atoms with Gasteiger partial charge in [0.05, 0.1) is 0 Å². The number of alkyl halides is 1. The topological polar surface area (TPSA) is 12.0 Å². The highest BCUT2D eigenvalue weighted by atomic mass is 35.5. The van der Waals surface area contributed by atoms with Crippen LogP contribution in [-0.4, -0.2) is 19.0 Å². The van der Waals surface area contributed by atoms with Crippen molar-refractivity contribution in [1.29, 1.82) is 0 Å². The summed E-state index contributed by atoms with van der Waals surface area (Å²) in [6.45, 7) is 1.94. The molecule has 0 aliphatic rings. The molecule has 1 nitrogen and oxygen atoms in total. The van der Waals surface area contributed by atoms with Crippen LogP contribution in [0.5, 0.6) is 0 Å². The fraction of sp³-hybridized carbons (Fsp3) is 0.400. The molecule has 0 spiro atoms. The lowest BCUT2D eigenvalue weighted by molar-refractivity contribution is 0.745. The number of nitrogens with one attached hydrogen (secondary N) is 1. The number of hydrogen-bond acceptors (Lipinski definition) is 2. The van der Waals surface area contributed by atoms with Gasteiger partial charge in [-0.05, 0) is 35.4 Å². The van der Waals surface area contributed by atoms with Gasteiger partial charge in [-0.2, -0.15) is 11.3 Å². The lowest BCUT2D eigenvalue weighted by Gasteiger charge is -1.98. The first-order valence-corrected chi connectivity index (χ1v) is 5.84. The molecule has 1 heterocycles. The summed E-state index contributed by atoms with van der Waals surface area (Å²) >= 11 is 7.23. The Bertz CT molecular complexity index is 231. The predicted molar refractivity (Wildman–Crippen MR) is 60.8 cm³/mol. The number of halogens is 1. The van der Waals surface area contributed by atoms with E-state index in [4.69, 9.17) is 11.6 Å². The number of rotatable bonds is 6. The van der Waals surface area contributed by atoms with Crippen molar-refractivity contribution in [3.05, 3.63) is 34.5 Å². The summed E-state index contributed by atoms with van der Waals surface area (Å²) in [5.41, 5.74) is 1.42. The maximum atomic E-state index is 5.48. The highest BCUT2D eigenvalue weighted by Crippen LogP contribution is 2.05. The minimum Gasteiger partial charge on any atom is -0.313 e. The monoisotopic (exact) mass is 215 g/mol.